The first-order valence-electron chi connectivity index (χ1n) is 9.56. The molecule has 1 aliphatic heterocycles. The number of ether oxygens (including phenoxy) is 1. The molecule has 8 heteroatoms. The zero-order valence-electron chi connectivity index (χ0n) is 15.8. The fraction of sp³-hybridized carbons (Fsp3) is 0.500. The molecule has 8 nitrogen and oxygen atoms in total. The fourth-order valence-corrected chi connectivity index (χ4v) is 3.74. The quantitative estimate of drug-likeness (QED) is 0.716. The lowest BCUT2D eigenvalue weighted by Gasteiger charge is -2.24. The minimum Gasteiger partial charge on any atom is -0.452 e. The number of rotatable bonds is 6. The van der Waals surface area contributed by atoms with Crippen LogP contribution in [0.15, 0.2) is 24.3 Å². The summed E-state index contributed by atoms with van der Waals surface area (Å²) >= 11 is 0. The monoisotopic (exact) mass is 387 g/mol. The largest absolute Gasteiger partial charge is 0.452 e. The van der Waals surface area contributed by atoms with Gasteiger partial charge in [0.2, 0.25) is 11.8 Å². The van der Waals surface area contributed by atoms with Crippen LogP contribution < -0.4 is 11.1 Å². The smallest absolute Gasteiger partial charge is 0.312 e. The lowest BCUT2D eigenvalue weighted by Crippen LogP contribution is -2.36. The summed E-state index contributed by atoms with van der Waals surface area (Å²) in [5.74, 6) is -2.12. The Bertz CT molecular complexity index is 771. The summed E-state index contributed by atoms with van der Waals surface area (Å²) in [5.41, 5.74) is 5.96. The van der Waals surface area contributed by atoms with Crippen LogP contribution in [0.3, 0.4) is 0 Å². The molecule has 150 valence electrons. The van der Waals surface area contributed by atoms with E-state index in [1.165, 1.54) is 19.1 Å². The van der Waals surface area contributed by atoms with E-state index in [1.807, 2.05) is 0 Å². The van der Waals surface area contributed by atoms with E-state index in [2.05, 4.69) is 5.32 Å². The minimum absolute atomic E-state index is 0.0134. The van der Waals surface area contributed by atoms with Gasteiger partial charge in [-0.2, -0.15) is 0 Å². The predicted octanol–water partition coefficient (Wildman–Crippen LogP) is 1.45. The van der Waals surface area contributed by atoms with Crippen LogP contribution in [0.2, 0.25) is 0 Å². The first kappa shape index (κ1) is 19.9. The first-order chi connectivity index (χ1) is 13.3. The molecule has 0 spiro atoms. The van der Waals surface area contributed by atoms with Gasteiger partial charge in [0.1, 0.15) is 0 Å². The number of carbonyl (C=O) groups is 4. The average Bonchev–Trinajstić information content (AvgIpc) is 3.31. The lowest BCUT2D eigenvalue weighted by atomic mass is 10.1. The van der Waals surface area contributed by atoms with Crippen molar-refractivity contribution in [2.24, 2.45) is 11.7 Å². The summed E-state index contributed by atoms with van der Waals surface area (Å²) in [6.07, 6.45) is 3.33. The summed E-state index contributed by atoms with van der Waals surface area (Å²) in [7, 11) is 0. The molecule has 3 amide bonds. The summed E-state index contributed by atoms with van der Waals surface area (Å²) in [4.78, 5) is 49.8. The number of nitrogens with one attached hydrogen (secondary N) is 1. The zero-order chi connectivity index (χ0) is 20.3. The van der Waals surface area contributed by atoms with Crippen molar-refractivity contribution < 1.29 is 23.9 Å². The van der Waals surface area contributed by atoms with Gasteiger partial charge in [-0.3, -0.25) is 19.2 Å². The molecule has 1 saturated carbocycles. The molecular weight excluding hydrogens is 362 g/mol. The first-order valence-corrected chi connectivity index (χ1v) is 9.56. The second-order valence-corrected chi connectivity index (χ2v) is 7.40. The molecule has 1 aliphatic carbocycles. The van der Waals surface area contributed by atoms with Gasteiger partial charge >= 0.3 is 5.97 Å². The average molecular weight is 387 g/mol. The number of nitrogens with zero attached hydrogens (tertiary/aromatic N) is 1. The van der Waals surface area contributed by atoms with E-state index < -0.39 is 29.8 Å². The molecule has 28 heavy (non-hydrogen) atoms. The van der Waals surface area contributed by atoms with Crippen LogP contribution in [0.25, 0.3) is 0 Å². The van der Waals surface area contributed by atoms with E-state index in [4.69, 9.17) is 10.5 Å². The minimum atomic E-state index is -1.00. The van der Waals surface area contributed by atoms with Gasteiger partial charge in [0.05, 0.1) is 5.92 Å². The number of anilines is 1. The highest BCUT2D eigenvalue weighted by Crippen LogP contribution is 2.30. The Morgan fingerprint density at radius 2 is 1.82 bits per heavy atom. The van der Waals surface area contributed by atoms with Crippen molar-refractivity contribution in [2.45, 2.75) is 51.2 Å². The highest BCUT2D eigenvalue weighted by Gasteiger charge is 2.40. The third kappa shape index (κ3) is 4.49. The van der Waals surface area contributed by atoms with Crippen LogP contribution in [0.5, 0.6) is 0 Å². The molecule has 2 atom stereocenters. The fourth-order valence-electron chi connectivity index (χ4n) is 3.74. The standard InChI is InChI=1S/C20H25N3O5/c1-12(19(26)22-15-8-6-13(7-9-15)18(21)25)28-20(27)14-10-17(24)23(11-14)16-4-2-3-5-16/h6-9,12,14,16H,2-5,10-11H2,1H3,(H2,21,25)(H,22,26)/t12-,14-/m0/s1. The van der Waals surface area contributed by atoms with Crippen molar-refractivity contribution in [3.05, 3.63) is 29.8 Å². The van der Waals surface area contributed by atoms with Crippen molar-refractivity contribution in [1.29, 1.82) is 0 Å². The molecule has 1 saturated heterocycles. The van der Waals surface area contributed by atoms with Crippen molar-refractivity contribution >= 4 is 29.4 Å². The molecule has 3 rings (SSSR count). The molecule has 2 fully saturated rings. The Morgan fingerprint density at radius 1 is 1.18 bits per heavy atom. The highest BCUT2D eigenvalue weighted by atomic mass is 16.5. The molecular formula is C20H25N3O5. The number of primary amides is 1. The lowest BCUT2D eigenvalue weighted by molar-refractivity contribution is -0.157. The van der Waals surface area contributed by atoms with E-state index in [0.29, 0.717) is 17.8 Å². The Hall–Kier alpha value is -2.90. The predicted molar refractivity (Wildman–Crippen MR) is 101 cm³/mol. The SMILES string of the molecule is C[C@H](OC(=O)[C@H]1CC(=O)N(C2CCCC2)C1)C(=O)Nc1ccc(C(N)=O)cc1. The van der Waals surface area contributed by atoms with Crippen LogP contribution in [-0.4, -0.2) is 47.3 Å². The summed E-state index contributed by atoms with van der Waals surface area (Å²) in [6, 6.07) is 6.31. The maximum atomic E-state index is 12.4. The number of amides is 3. The second kappa shape index (κ2) is 8.41. The number of carbonyl (C=O) groups excluding carboxylic acids is 4. The van der Waals surface area contributed by atoms with E-state index in [9.17, 15) is 19.2 Å². The van der Waals surface area contributed by atoms with E-state index >= 15 is 0 Å². The van der Waals surface area contributed by atoms with Gasteiger partial charge in [-0.15, -0.1) is 0 Å². The van der Waals surface area contributed by atoms with Crippen molar-refractivity contribution in [2.75, 3.05) is 11.9 Å². The Labute approximate surface area is 163 Å². The Morgan fingerprint density at radius 3 is 2.43 bits per heavy atom. The third-order valence-electron chi connectivity index (χ3n) is 5.36. The molecule has 1 aromatic rings. The molecule has 1 heterocycles. The maximum absolute atomic E-state index is 12.4. The molecule has 3 N–H and O–H groups in total. The zero-order valence-corrected chi connectivity index (χ0v) is 15.8. The van der Waals surface area contributed by atoms with Gasteiger partial charge in [0.25, 0.3) is 5.91 Å². The number of benzene rings is 1. The van der Waals surface area contributed by atoms with Crippen LogP contribution in [0.1, 0.15) is 49.4 Å². The van der Waals surface area contributed by atoms with Gasteiger partial charge < -0.3 is 20.7 Å². The Balaban J connectivity index is 1.51. The van der Waals surface area contributed by atoms with Crippen molar-refractivity contribution in [3.63, 3.8) is 0 Å². The van der Waals surface area contributed by atoms with Gasteiger partial charge in [0.15, 0.2) is 6.10 Å². The molecule has 2 aliphatic rings. The topological polar surface area (TPSA) is 119 Å². The normalized spacial score (nSPS) is 20.8. The van der Waals surface area contributed by atoms with Gasteiger partial charge in [-0.05, 0) is 44.0 Å². The maximum Gasteiger partial charge on any atom is 0.312 e. The number of hydrogen-bond donors (Lipinski definition) is 2. The van der Waals surface area contributed by atoms with Gasteiger partial charge in [-0.1, -0.05) is 12.8 Å². The molecule has 1 aromatic carbocycles. The third-order valence-corrected chi connectivity index (χ3v) is 5.36. The summed E-state index contributed by atoms with van der Waals surface area (Å²) < 4.78 is 5.29. The van der Waals surface area contributed by atoms with Gasteiger partial charge in [-0.25, -0.2) is 0 Å². The van der Waals surface area contributed by atoms with Crippen LogP contribution in [-0.2, 0) is 19.1 Å². The van der Waals surface area contributed by atoms with Crippen molar-refractivity contribution in [3.8, 4) is 0 Å². The number of esters is 1. The number of nitrogens with two attached hydrogens (primary N) is 1. The number of likely N-dealkylation sites (tertiary alicyclic amines) is 1. The molecule has 0 aromatic heterocycles. The Kier molecular flexibility index (Phi) is 5.96. The highest BCUT2D eigenvalue weighted by molar-refractivity contribution is 5.97. The van der Waals surface area contributed by atoms with E-state index in [0.717, 1.165) is 25.7 Å². The van der Waals surface area contributed by atoms with Crippen molar-refractivity contribution in [1.82, 2.24) is 4.90 Å². The number of hydrogen-bond acceptors (Lipinski definition) is 5. The van der Waals surface area contributed by atoms with Crippen LogP contribution >= 0.6 is 0 Å². The summed E-state index contributed by atoms with van der Waals surface area (Å²) in [6.45, 7) is 1.85. The molecule has 0 bridgehead atoms. The van der Waals surface area contributed by atoms with E-state index in [1.54, 1.807) is 17.0 Å². The molecule has 0 radical (unpaired) electrons. The molecule has 0 unspecified atom stereocenters. The van der Waals surface area contributed by atoms with Gasteiger partial charge in [0, 0.05) is 30.3 Å². The second-order valence-electron chi connectivity index (χ2n) is 7.40. The van der Waals surface area contributed by atoms with Crippen LogP contribution in [0, 0.1) is 5.92 Å². The van der Waals surface area contributed by atoms with E-state index in [-0.39, 0.29) is 18.4 Å². The summed E-state index contributed by atoms with van der Waals surface area (Å²) in [5, 5.41) is 2.62. The van der Waals surface area contributed by atoms with Crippen LogP contribution in [0.4, 0.5) is 5.69 Å².